The summed E-state index contributed by atoms with van der Waals surface area (Å²) in [6, 6.07) is 4.36. The van der Waals surface area contributed by atoms with Gasteiger partial charge in [0.2, 0.25) is 0 Å². The largest absolute Gasteiger partial charge is 0.481 e. The van der Waals surface area contributed by atoms with Crippen molar-refractivity contribution >= 4 is 17.6 Å². The van der Waals surface area contributed by atoms with Crippen molar-refractivity contribution in [3.8, 4) is 0 Å². The Hall–Kier alpha value is -2.19. The maximum absolute atomic E-state index is 14.5. The predicted molar refractivity (Wildman–Crippen MR) is 91.9 cm³/mol. The Bertz CT molecular complexity index is 670. The fourth-order valence-electron chi connectivity index (χ4n) is 3.42. The van der Waals surface area contributed by atoms with E-state index in [1.54, 1.807) is 12.1 Å². The van der Waals surface area contributed by atoms with E-state index in [0.29, 0.717) is 58.0 Å². The molecule has 2 heterocycles. The highest BCUT2D eigenvalue weighted by Crippen LogP contribution is 2.26. The van der Waals surface area contributed by atoms with Gasteiger partial charge in [-0.2, -0.15) is 0 Å². The van der Waals surface area contributed by atoms with Crippen molar-refractivity contribution in [2.45, 2.75) is 24.8 Å². The van der Waals surface area contributed by atoms with Crippen LogP contribution < -0.4 is 10.2 Å². The minimum absolute atomic E-state index is 0.177. The molecule has 0 bridgehead atoms. The number of hydrogen-bond acceptors (Lipinski definition) is 5. The zero-order chi connectivity index (χ0) is 18.6. The van der Waals surface area contributed by atoms with Crippen LogP contribution in [0.3, 0.4) is 0 Å². The number of ether oxygens (including phenoxy) is 2. The van der Waals surface area contributed by atoms with Crippen LogP contribution in [0.1, 0.15) is 29.6 Å². The average Bonchev–Trinajstić information content (AvgIpc) is 2.62. The summed E-state index contributed by atoms with van der Waals surface area (Å²) in [6.07, 6.45) is 0.648. The molecule has 2 saturated heterocycles. The smallest absolute Gasteiger partial charge is 0.305 e. The molecule has 1 amide bonds. The lowest BCUT2D eigenvalue weighted by Crippen LogP contribution is -2.53. The molecule has 2 fully saturated rings. The maximum atomic E-state index is 14.5. The third kappa shape index (κ3) is 4.31. The number of hydrogen-bond donors (Lipinski definition) is 2. The van der Waals surface area contributed by atoms with E-state index in [1.807, 2.05) is 4.90 Å². The lowest BCUT2D eigenvalue weighted by molar-refractivity contribution is -0.139. The summed E-state index contributed by atoms with van der Waals surface area (Å²) >= 11 is 0. The first-order valence-electron chi connectivity index (χ1n) is 8.73. The SMILES string of the molecule is O=C(O)CC1(NC(=O)c2ccc(N3CCOCC3)c(F)c2)CCOCC1. The molecule has 0 saturated carbocycles. The van der Waals surface area contributed by atoms with Gasteiger partial charge in [0.05, 0.1) is 30.9 Å². The van der Waals surface area contributed by atoms with Crippen LogP contribution in [0.15, 0.2) is 18.2 Å². The fraction of sp³-hybridized carbons (Fsp3) is 0.556. The Kier molecular flexibility index (Phi) is 5.73. The van der Waals surface area contributed by atoms with Crippen LogP contribution >= 0.6 is 0 Å². The first kappa shape index (κ1) is 18.6. The summed E-state index contributed by atoms with van der Waals surface area (Å²) < 4.78 is 25.0. The molecule has 3 rings (SSSR count). The van der Waals surface area contributed by atoms with Crippen LogP contribution in [0, 0.1) is 5.82 Å². The van der Waals surface area contributed by atoms with E-state index in [2.05, 4.69) is 5.32 Å². The second-order valence-corrected chi connectivity index (χ2v) is 6.68. The molecule has 1 aromatic rings. The molecule has 2 aliphatic rings. The molecule has 8 heteroatoms. The average molecular weight is 366 g/mol. The molecule has 0 radical (unpaired) electrons. The van der Waals surface area contributed by atoms with Crippen molar-refractivity contribution in [1.82, 2.24) is 5.32 Å². The Balaban J connectivity index is 1.74. The number of carboxylic acid groups (broad SMARTS) is 1. The number of nitrogens with one attached hydrogen (secondary N) is 1. The van der Waals surface area contributed by atoms with Gasteiger partial charge in [0.15, 0.2) is 0 Å². The number of morpholine rings is 1. The second-order valence-electron chi connectivity index (χ2n) is 6.68. The Morgan fingerprint density at radius 3 is 2.42 bits per heavy atom. The minimum atomic E-state index is -0.985. The zero-order valence-electron chi connectivity index (χ0n) is 14.5. The van der Waals surface area contributed by atoms with Crippen molar-refractivity contribution in [2.75, 3.05) is 44.4 Å². The molecule has 0 aliphatic carbocycles. The molecular weight excluding hydrogens is 343 g/mol. The lowest BCUT2D eigenvalue weighted by atomic mass is 9.86. The minimum Gasteiger partial charge on any atom is -0.481 e. The van der Waals surface area contributed by atoms with Gasteiger partial charge in [-0.1, -0.05) is 0 Å². The fourth-order valence-corrected chi connectivity index (χ4v) is 3.42. The number of benzene rings is 1. The summed E-state index contributed by atoms with van der Waals surface area (Å²) in [5.41, 5.74) is -0.243. The molecule has 2 aliphatic heterocycles. The van der Waals surface area contributed by atoms with Crippen molar-refractivity contribution < 1.29 is 28.6 Å². The van der Waals surface area contributed by atoms with E-state index >= 15 is 0 Å². The molecule has 0 atom stereocenters. The van der Waals surface area contributed by atoms with Gasteiger partial charge in [0, 0.05) is 31.9 Å². The highest BCUT2D eigenvalue weighted by Gasteiger charge is 2.36. The van der Waals surface area contributed by atoms with Crippen LogP contribution in [0.25, 0.3) is 0 Å². The van der Waals surface area contributed by atoms with E-state index in [-0.39, 0.29) is 12.0 Å². The number of carbonyl (C=O) groups excluding carboxylic acids is 1. The third-order valence-electron chi connectivity index (χ3n) is 4.88. The van der Waals surface area contributed by atoms with Crippen molar-refractivity contribution in [2.24, 2.45) is 0 Å². The van der Waals surface area contributed by atoms with Gasteiger partial charge in [0.1, 0.15) is 5.82 Å². The monoisotopic (exact) mass is 366 g/mol. The Morgan fingerprint density at radius 2 is 1.81 bits per heavy atom. The van der Waals surface area contributed by atoms with Crippen LogP contribution in [-0.4, -0.2) is 62.0 Å². The number of amides is 1. The lowest BCUT2D eigenvalue weighted by Gasteiger charge is -2.37. The molecule has 142 valence electrons. The van der Waals surface area contributed by atoms with Gasteiger partial charge in [-0.05, 0) is 31.0 Å². The standard InChI is InChI=1S/C18H23FN2O5/c19-14-11-13(1-2-15(14)21-5-9-26-10-6-21)17(24)20-18(12-16(22)23)3-7-25-8-4-18/h1-2,11H,3-10,12H2,(H,20,24)(H,22,23). The molecule has 0 aromatic heterocycles. The quantitative estimate of drug-likeness (QED) is 0.819. The zero-order valence-corrected chi connectivity index (χ0v) is 14.5. The predicted octanol–water partition coefficient (Wildman–Crippen LogP) is 1.42. The third-order valence-corrected chi connectivity index (χ3v) is 4.88. The van der Waals surface area contributed by atoms with Crippen LogP contribution in [0.5, 0.6) is 0 Å². The van der Waals surface area contributed by atoms with Gasteiger partial charge >= 0.3 is 5.97 Å². The normalized spacial score (nSPS) is 19.8. The number of anilines is 1. The van der Waals surface area contributed by atoms with Crippen molar-refractivity contribution in [1.29, 1.82) is 0 Å². The maximum Gasteiger partial charge on any atom is 0.305 e. The van der Waals surface area contributed by atoms with Crippen molar-refractivity contribution in [3.63, 3.8) is 0 Å². The summed E-state index contributed by atoms with van der Waals surface area (Å²) in [7, 11) is 0. The summed E-state index contributed by atoms with van der Waals surface area (Å²) in [5, 5.41) is 12.0. The van der Waals surface area contributed by atoms with Crippen LogP contribution in [0.4, 0.5) is 10.1 Å². The first-order chi connectivity index (χ1) is 12.5. The molecule has 7 nitrogen and oxygen atoms in total. The van der Waals surface area contributed by atoms with E-state index < -0.39 is 23.2 Å². The van der Waals surface area contributed by atoms with E-state index in [9.17, 15) is 19.1 Å². The molecule has 0 unspecified atom stereocenters. The van der Waals surface area contributed by atoms with Crippen molar-refractivity contribution in [3.05, 3.63) is 29.6 Å². The second kappa shape index (κ2) is 8.01. The highest BCUT2D eigenvalue weighted by molar-refractivity contribution is 5.95. The van der Waals surface area contributed by atoms with Gasteiger partial charge in [-0.15, -0.1) is 0 Å². The molecular formula is C18H23FN2O5. The molecule has 0 spiro atoms. The molecule has 26 heavy (non-hydrogen) atoms. The Morgan fingerprint density at radius 1 is 1.15 bits per heavy atom. The number of aliphatic carboxylic acids is 1. The Labute approximate surface area is 151 Å². The number of carboxylic acids is 1. The van der Waals surface area contributed by atoms with E-state index in [0.717, 1.165) is 0 Å². The van der Waals surface area contributed by atoms with Gasteiger partial charge in [-0.25, -0.2) is 4.39 Å². The number of nitrogens with zero attached hydrogens (tertiary/aromatic N) is 1. The molecule has 1 aromatic carbocycles. The number of rotatable bonds is 5. The first-order valence-corrected chi connectivity index (χ1v) is 8.73. The number of halogens is 1. The van der Waals surface area contributed by atoms with E-state index in [1.165, 1.54) is 6.07 Å². The molecule has 2 N–H and O–H groups in total. The summed E-state index contributed by atoms with van der Waals surface area (Å²) in [5.74, 6) is -1.93. The topological polar surface area (TPSA) is 88.1 Å². The van der Waals surface area contributed by atoms with Crippen LogP contribution in [-0.2, 0) is 14.3 Å². The van der Waals surface area contributed by atoms with Gasteiger partial charge < -0.3 is 24.8 Å². The highest BCUT2D eigenvalue weighted by atomic mass is 19.1. The van der Waals surface area contributed by atoms with Gasteiger partial charge in [-0.3, -0.25) is 9.59 Å². The van der Waals surface area contributed by atoms with E-state index in [4.69, 9.17) is 9.47 Å². The van der Waals surface area contributed by atoms with Crippen LogP contribution in [0.2, 0.25) is 0 Å². The number of carbonyl (C=O) groups is 2. The summed E-state index contributed by atoms with van der Waals surface area (Å²) in [4.78, 5) is 25.7. The van der Waals surface area contributed by atoms with Gasteiger partial charge in [0.25, 0.3) is 5.91 Å². The summed E-state index contributed by atoms with van der Waals surface area (Å²) in [6.45, 7) is 3.06.